The van der Waals surface area contributed by atoms with Crippen molar-refractivity contribution in [3.05, 3.63) is 47.0 Å². The first-order chi connectivity index (χ1) is 9.81. The molecule has 4 heteroatoms. The van der Waals surface area contributed by atoms with Crippen molar-refractivity contribution in [1.29, 1.82) is 5.26 Å². The van der Waals surface area contributed by atoms with E-state index in [1.54, 1.807) is 6.26 Å². The molecule has 0 aliphatic heterocycles. The topological polar surface area (TPSA) is 53.1 Å². The van der Waals surface area contributed by atoms with E-state index in [0.717, 1.165) is 43.1 Å². The van der Waals surface area contributed by atoms with Crippen molar-refractivity contribution in [3.8, 4) is 6.07 Å². The molecule has 1 aliphatic carbocycles. The molecule has 1 aliphatic rings. The predicted molar refractivity (Wildman–Crippen MR) is 76.4 cm³/mol. The third-order valence-electron chi connectivity index (χ3n) is 3.76. The largest absolute Gasteiger partial charge is 0.467 e. The van der Waals surface area contributed by atoms with E-state index in [9.17, 15) is 5.26 Å². The van der Waals surface area contributed by atoms with Crippen LogP contribution < -0.4 is 4.90 Å². The molecule has 0 atom stereocenters. The van der Waals surface area contributed by atoms with Crippen LogP contribution in [0.2, 0.25) is 0 Å². The van der Waals surface area contributed by atoms with Gasteiger partial charge in [-0.3, -0.25) is 0 Å². The van der Waals surface area contributed by atoms with Crippen molar-refractivity contribution < 1.29 is 4.42 Å². The predicted octanol–water partition coefficient (Wildman–Crippen LogP) is 3.06. The molecule has 102 valence electrons. The van der Waals surface area contributed by atoms with Crippen molar-refractivity contribution in [2.24, 2.45) is 0 Å². The van der Waals surface area contributed by atoms with Gasteiger partial charge in [0.15, 0.2) is 0 Å². The lowest BCUT2D eigenvalue weighted by Crippen LogP contribution is -2.24. The van der Waals surface area contributed by atoms with Gasteiger partial charge in [-0.15, -0.1) is 0 Å². The highest BCUT2D eigenvalue weighted by Crippen LogP contribution is 2.27. The molecule has 2 aromatic heterocycles. The summed E-state index contributed by atoms with van der Waals surface area (Å²) in [5.74, 6) is 1.67. The zero-order chi connectivity index (χ0) is 13.9. The second-order valence-corrected chi connectivity index (χ2v) is 5.02. The molecule has 3 rings (SSSR count). The number of hydrogen-bond donors (Lipinski definition) is 0. The zero-order valence-electron chi connectivity index (χ0n) is 11.6. The van der Waals surface area contributed by atoms with E-state index in [2.05, 4.69) is 17.9 Å². The van der Waals surface area contributed by atoms with Gasteiger partial charge in [0.2, 0.25) is 0 Å². The van der Waals surface area contributed by atoms with E-state index in [-0.39, 0.29) is 0 Å². The van der Waals surface area contributed by atoms with E-state index >= 15 is 0 Å². The molecule has 2 aromatic rings. The molecule has 0 saturated carbocycles. The van der Waals surface area contributed by atoms with Crippen LogP contribution in [0.4, 0.5) is 5.82 Å². The Morgan fingerprint density at radius 3 is 3.05 bits per heavy atom. The third kappa shape index (κ3) is 2.27. The summed E-state index contributed by atoms with van der Waals surface area (Å²) >= 11 is 0. The molecule has 0 amide bonds. The molecule has 0 unspecified atom stereocenters. The van der Waals surface area contributed by atoms with Gasteiger partial charge in [0.05, 0.1) is 18.4 Å². The molecule has 0 bridgehead atoms. The van der Waals surface area contributed by atoms with Crippen molar-refractivity contribution >= 4 is 5.82 Å². The van der Waals surface area contributed by atoms with Crippen molar-refractivity contribution in [2.45, 2.75) is 32.7 Å². The smallest absolute Gasteiger partial charge is 0.147 e. The lowest BCUT2D eigenvalue weighted by molar-refractivity contribution is 0.502. The van der Waals surface area contributed by atoms with Crippen LogP contribution >= 0.6 is 0 Å². The molecular weight excluding hydrogens is 250 g/mol. The lowest BCUT2D eigenvalue weighted by Gasteiger charge is -2.22. The van der Waals surface area contributed by atoms with Crippen molar-refractivity contribution in [3.63, 3.8) is 0 Å². The number of anilines is 1. The Labute approximate surface area is 118 Å². The summed E-state index contributed by atoms with van der Waals surface area (Å²) in [6.45, 7) is 3.50. The van der Waals surface area contributed by atoms with E-state index in [1.807, 2.05) is 18.2 Å². The molecule has 4 nitrogen and oxygen atoms in total. The molecular formula is C16H17N3O. The Balaban J connectivity index is 1.96. The molecule has 0 radical (unpaired) electrons. The van der Waals surface area contributed by atoms with E-state index in [4.69, 9.17) is 9.40 Å². The van der Waals surface area contributed by atoms with Crippen molar-refractivity contribution in [2.75, 3.05) is 11.4 Å². The summed E-state index contributed by atoms with van der Waals surface area (Å²) in [5, 5.41) is 9.38. The Bertz CT molecular complexity index is 640. The Morgan fingerprint density at radius 1 is 1.45 bits per heavy atom. The minimum Gasteiger partial charge on any atom is -0.467 e. The zero-order valence-corrected chi connectivity index (χ0v) is 11.6. The quantitative estimate of drug-likeness (QED) is 0.854. The molecule has 20 heavy (non-hydrogen) atoms. The van der Waals surface area contributed by atoms with E-state index < -0.39 is 0 Å². The highest BCUT2D eigenvalue weighted by molar-refractivity contribution is 5.56. The Hall–Kier alpha value is -2.28. The number of rotatable bonds is 4. The highest BCUT2D eigenvalue weighted by Gasteiger charge is 2.20. The van der Waals surface area contributed by atoms with Crippen LogP contribution in [0.1, 0.15) is 35.9 Å². The number of aryl methyl sites for hydroxylation is 2. The average molecular weight is 267 g/mol. The first-order valence-electron chi connectivity index (χ1n) is 7.02. The maximum Gasteiger partial charge on any atom is 0.147 e. The van der Waals surface area contributed by atoms with Gasteiger partial charge in [-0.2, -0.15) is 5.26 Å². The minimum atomic E-state index is 0.643. The van der Waals surface area contributed by atoms with Gasteiger partial charge in [-0.05, 0) is 49.9 Å². The van der Waals surface area contributed by atoms with Gasteiger partial charge < -0.3 is 9.32 Å². The standard InChI is InChI=1S/C16H17N3O/c1-2-19(11-14-6-4-8-20-14)16-13(10-17)9-12-5-3-7-15(12)18-16/h4,6,8-9H,2-3,5,7,11H2,1H3. The number of pyridine rings is 1. The second kappa shape index (κ2) is 5.38. The maximum atomic E-state index is 9.38. The van der Waals surface area contributed by atoms with Crippen LogP contribution in [0.25, 0.3) is 0 Å². The molecule has 0 N–H and O–H groups in total. The van der Waals surface area contributed by atoms with Gasteiger partial charge in [0.1, 0.15) is 17.6 Å². The van der Waals surface area contributed by atoms with Gasteiger partial charge >= 0.3 is 0 Å². The summed E-state index contributed by atoms with van der Waals surface area (Å²) in [7, 11) is 0. The SMILES string of the molecule is CCN(Cc1ccco1)c1nc2c(cc1C#N)CCC2. The van der Waals surface area contributed by atoms with Crippen LogP contribution in [0, 0.1) is 11.3 Å². The summed E-state index contributed by atoms with van der Waals surface area (Å²) in [4.78, 5) is 6.83. The molecule has 0 saturated heterocycles. The number of nitrogens with zero attached hydrogens (tertiary/aromatic N) is 3. The second-order valence-electron chi connectivity index (χ2n) is 5.02. The first kappa shape index (κ1) is 12.7. The van der Waals surface area contributed by atoms with E-state index in [1.165, 1.54) is 5.56 Å². The van der Waals surface area contributed by atoms with Gasteiger partial charge in [0, 0.05) is 12.2 Å². The fourth-order valence-electron chi connectivity index (χ4n) is 2.71. The fraction of sp³-hybridized carbons (Fsp3) is 0.375. The molecule has 2 heterocycles. The lowest BCUT2D eigenvalue weighted by atomic mass is 10.1. The highest BCUT2D eigenvalue weighted by atomic mass is 16.3. The number of nitriles is 1. The van der Waals surface area contributed by atoms with Crippen LogP contribution in [0.15, 0.2) is 28.9 Å². The average Bonchev–Trinajstić information content (AvgIpc) is 3.14. The van der Waals surface area contributed by atoms with E-state index in [0.29, 0.717) is 12.1 Å². The third-order valence-corrected chi connectivity index (χ3v) is 3.76. The maximum absolute atomic E-state index is 9.38. The van der Waals surface area contributed by atoms with Crippen LogP contribution in [-0.4, -0.2) is 11.5 Å². The summed E-state index contributed by atoms with van der Waals surface area (Å²) in [6.07, 6.45) is 4.87. The van der Waals surface area contributed by atoms with Gasteiger partial charge in [0.25, 0.3) is 0 Å². The molecule has 0 aromatic carbocycles. The number of aromatic nitrogens is 1. The summed E-state index contributed by atoms with van der Waals surface area (Å²) in [5.41, 5.74) is 3.05. The van der Waals surface area contributed by atoms with Crippen LogP contribution in [0.3, 0.4) is 0 Å². The summed E-state index contributed by atoms with van der Waals surface area (Å²) in [6, 6.07) is 8.12. The number of furan rings is 1. The Morgan fingerprint density at radius 2 is 2.35 bits per heavy atom. The summed E-state index contributed by atoms with van der Waals surface area (Å²) < 4.78 is 5.40. The minimum absolute atomic E-state index is 0.643. The number of fused-ring (bicyclic) bond motifs is 1. The van der Waals surface area contributed by atoms with Crippen LogP contribution in [0.5, 0.6) is 0 Å². The molecule has 0 spiro atoms. The van der Waals surface area contributed by atoms with Crippen molar-refractivity contribution in [1.82, 2.24) is 4.98 Å². The normalized spacial score (nSPS) is 13.0. The van der Waals surface area contributed by atoms with Gasteiger partial charge in [-0.1, -0.05) is 0 Å². The van der Waals surface area contributed by atoms with Crippen LogP contribution in [-0.2, 0) is 19.4 Å². The number of hydrogen-bond acceptors (Lipinski definition) is 4. The van der Waals surface area contributed by atoms with Gasteiger partial charge in [-0.25, -0.2) is 4.98 Å². The fourth-order valence-corrected chi connectivity index (χ4v) is 2.71. The monoisotopic (exact) mass is 267 g/mol. The Kier molecular flexibility index (Phi) is 3.42. The first-order valence-corrected chi connectivity index (χ1v) is 7.02. The molecule has 0 fully saturated rings.